The first-order valence-corrected chi connectivity index (χ1v) is 16.9. The smallest absolute Gasteiger partial charge is 0.0546 e. The monoisotopic (exact) mass is 623 g/mol. The molecule has 0 radical (unpaired) electrons. The number of fused-ring (bicyclic) bond motifs is 5. The van der Waals surface area contributed by atoms with Crippen LogP contribution in [0.2, 0.25) is 0 Å². The Bertz CT molecular complexity index is 2570. The Morgan fingerprint density at radius 3 is 1.47 bits per heavy atom. The highest BCUT2D eigenvalue weighted by Crippen LogP contribution is 2.46. The largest absolute Gasteiger partial charge is 0.309 e. The number of anilines is 3. The Morgan fingerprint density at radius 1 is 0.286 bits per heavy atom. The topological polar surface area (TPSA) is 3.24 Å². The number of hydrogen-bond acceptors (Lipinski definition) is 1. The SMILES string of the molecule is c1ccc(-c2ccc(-c3ccccc3N(c3ccc(-c4ccccc4)cc3)c3cc4ccc5ccccc5c4c4ccccc34)cc2)cc1. The third kappa shape index (κ3) is 5.23. The Morgan fingerprint density at radius 2 is 0.776 bits per heavy atom. The summed E-state index contributed by atoms with van der Waals surface area (Å²) in [5.41, 5.74) is 10.6. The molecule has 0 aliphatic carbocycles. The van der Waals surface area contributed by atoms with Gasteiger partial charge in [0.1, 0.15) is 0 Å². The van der Waals surface area contributed by atoms with E-state index in [9.17, 15) is 0 Å². The van der Waals surface area contributed by atoms with Crippen molar-refractivity contribution in [2.75, 3.05) is 4.90 Å². The molecule has 0 saturated carbocycles. The van der Waals surface area contributed by atoms with Gasteiger partial charge in [0.25, 0.3) is 0 Å². The first-order valence-electron chi connectivity index (χ1n) is 16.9. The maximum atomic E-state index is 2.45. The summed E-state index contributed by atoms with van der Waals surface area (Å²) in [5.74, 6) is 0. The molecule has 0 amide bonds. The molecule has 230 valence electrons. The summed E-state index contributed by atoms with van der Waals surface area (Å²) in [4.78, 5) is 2.45. The molecular formula is C48H33N. The molecular weight excluding hydrogens is 591 g/mol. The van der Waals surface area contributed by atoms with Crippen molar-refractivity contribution in [3.63, 3.8) is 0 Å². The number of hydrogen-bond donors (Lipinski definition) is 0. The number of para-hydroxylation sites is 1. The van der Waals surface area contributed by atoms with E-state index in [1.807, 2.05) is 0 Å². The highest BCUT2D eigenvalue weighted by atomic mass is 15.1. The third-order valence-corrected chi connectivity index (χ3v) is 9.65. The van der Waals surface area contributed by atoms with E-state index in [-0.39, 0.29) is 0 Å². The lowest BCUT2D eigenvalue weighted by molar-refractivity contribution is 1.30. The maximum Gasteiger partial charge on any atom is 0.0546 e. The quantitative estimate of drug-likeness (QED) is 0.167. The highest BCUT2D eigenvalue weighted by molar-refractivity contribution is 6.23. The Kier molecular flexibility index (Phi) is 7.22. The van der Waals surface area contributed by atoms with Crippen LogP contribution in [0.5, 0.6) is 0 Å². The molecule has 0 spiro atoms. The first kappa shape index (κ1) is 28.8. The van der Waals surface area contributed by atoms with Crippen LogP contribution in [0.25, 0.3) is 65.7 Å². The lowest BCUT2D eigenvalue weighted by Crippen LogP contribution is -2.12. The third-order valence-electron chi connectivity index (χ3n) is 9.65. The van der Waals surface area contributed by atoms with Crippen molar-refractivity contribution in [3.05, 3.63) is 200 Å². The second-order valence-corrected chi connectivity index (χ2v) is 12.5. The molecule has 0 unspecified atom stereocenters. The summed E-state index contributed by atoms with van der Waals surface area (Å²) in [6.07, 6.45) is 0. The van der Waals surface area contributed by atoms with Crippen LogP contribution in [0.4, 0.5) is 17.1 Å². The minimum Gasteiger partial charge on any atom is -0.309 e. The predicted octanol–water partition coefficient (Wildman–Crippen LogP) is 13.6. The normalized spacial score (nSPS) is 11.3. The zero-order chi connectivity index (χ0) is 32.6. The standard InChI is InChI=1S/C48H33N/c1-3-13-34(14-4-1)36-23-25-39(26-24-36)42-18-11-12-22-46(42)49(41-31-29-37(30-32-41)35-15-5-2-6-16-35)47-33-40-28-27-38-17-7-8-19-43(38)48(40)45-21-10-9-20-44(45)47/h1-33H. The Hall–Kier alpha value is -6.44. The number of nitrogens with zero attached hydrogens (tertiary/aromatic N) is 1. The van der Waals surface area contributed by atoms with Crippen molar-refractivity contribution >= 4 is 49.4 Å². The van der Waals surface area contributed by atoms with E-state index in [0.717, 1.165) is 17.1 Å². The van der Waals surface area contributed by atoms with Crippen LogP contribution in [0, 0.1) is 0 Å². The molecule has 0 aliphatic rings. The minimum absolute atomic E-state index is 1.11. The van der Waals surface area contributed by atoms with Gasteiger partial charge < -0.3 is 4.90 Å². The lowest BCUT2D eigenvalue weighted by Gasteiger charge is -2.30. The fraction of sp³-hybridized carbons (Fsp3) is 0. The molecule has 0 heterocycles. The van der Waals surface area contributed by atoms with Crippen LogP contribution >= 0.6 is 0 Å². The molecule has 1 heteroatoms. The van der Waals surface area contributed by atoms with Crippen molar-refractivity contribution in [3.8, 4) is 33.4 Å². The van der Waals surface area contributed by atoms with Crippen molar-refractivity contribution in [2.24, 2.45) is 0 Å². The molecule has 0 aliphatic heterocycles. The molecule has 9 aromatic rings. The van der Waals surface area contributed by atoms with Gasteiger partial charge in [-0.3, -0.25) is 0 Å². The van der Waals surface area contributed by atoms with Gasteiger partial charge in [0.05, 0.1) is 11.4 Å². The van der Waals surface area contributed by atoms with Gasteiger partial charge in [-0.2, -0.15) is 0 Å². The van der Waals surface area contributed by atoms with E-state index in [1.54, 1.807) is 0 Å². The molecule has 0 bridgehead atoms. The van der Waals surface area contributed by atoms with E-state index in [1.165, 1.54) is 65.7 Å². The van der Waals surface area contributed by atoms with Crippen LogP contribution < -0.4 is 4.90 Å². The minimum atomic E-state index is 1.11. The zero-order valence-corrected chi connectivity index (χ0v) is 27.0. The van der Waals surface area contributed by atoms with Gasteiger partial charge in [-0.15, -0.1) is 0 Å². The van der Waals surface area contributed by atoms with E-state index in [4.69, 9.17) is 0 Å². The van der Waals surface area contributed by atoms with Crippen molar-refractivity contribution < 1.29 is 0 Å². The van der Waals surface area contributed by atoms with Gasteiger partial charge >= 0.3 is 0 Å². The number of rotatable bonds is 6. The fourth-order valence-electron chi connectivity index (χ4n) is 7.27. The lowest BCUT2D eigenvalue weighted by atomic mass is 9.94. The van der Waals surface area contributed by atoms with Crippen molar-refractivity contribution in [1.29, 1.82) is 0 Å². The van der Waals surface area contributed by atoms with Crippen LogP contribution in [0.15, 0.2) is 200 Å². The van der Waals surface area contributed by atoms with Crippen LogP contribution in [0.1, 0.15) is 0 Å². The van der Waals surface area contributed by atoms with Crippen LogP contribution in [-0.2, 0) is 0 Å². The van der Waals surface area contributed by atoms with Gasteiger partial charge in [0, 0.05) is 16.6 Å². The zero-order valence-electron chi connectivity index (χ0n) is 27.0. The van der Waals surface area contributed by atoms with Crippen molar-refractivity contribution in [2.45, 2.75) is 0 Å². The molecule has 9 rings (SSSR count). The molecule has 0 atom stereocenters. The second-order valence-electron chi connectivity index (χ2n) is 12.5. The van der Waals surface area contributed by atoms with Crippen molar-refractivity contribution in [1.82, 2.24) is 0 Å². The molecule has 0 saturated heterocycles. The summed E-state index contributed by atoms with van der Waals surface area (Å²) in [6.45, 7) is 0. The van der Waals surface area contributed by atoms with E-state index in [0.29, 0.717) is 0 Å². The average molecular weight is 624 g/mol. The van der Waals surface area contributed by atoms with E-state index in [2.05, 4.69) is 205 Å². The molecule has 49 heavy (non-hydrogen) atoms. The van der Waals surface area contributed by atoms with Gasteiger partial charge in [-0.25, -0.2) is 0 Å². The summed E-state index contributed by atoms with van der Waals surface area (Å²) >= 11 is 0. The summed E-state index contributed by atoms with van der Waals surface area (Å²) in [5, 5.41) is 7.52. The molecule has 0 fully saturated rings. The summed E-state index contributed by atoms with van der Waals surface area (Å²) in [6, 6.07) is 72.4. The molecule has 0 aromatic heterocycles. The summed E-state index contributed by atoms with van der Waals surface area (Å²) in [7, 11) is 0. The Balaban J connectivity index is 1.28. The van der Waals surface area contributed by atoms with Crippen LogP contribution in [0.3, 0.4) is 0 Å². The average Bonchev–Trinajstić information content (AvgIpc) is 3.19. The molecule has 0 N–H and O–H groups in total. The maximum absolute atomic E-state index is 2.45. The van der Waals surface area contributed by atoms with Gasteiger partial charge in [-0.05, 0) is 79.0 Å². The second kappa shape index (κ2) is 12.3. The highest BCUT2D eigenvalue weighted by Gasteiger charge is 2.21. The van der Waals surface area contributed by atoms with Crippen LogP contribution in [-0.4, -0.2) is 0 Å². The Labute approximate surface area is 287 Å². The molecule has 1 nitrogen and oxygen atoms in total. The van der Waals surface area contributed by atoms with Gasteiger partial charge in [0.2, 0.25) is 0 Å². The van der Waals surface area contributed by atoms with Gasteiger partial charge in [-0.1, -0.05) is 176 Å². The van der Waals surface area contributed by atoms with E-state index < -0.39 is 0 Å². The molecule has 9 aromatic carbocycles. The first-order chi connectivity index (χ1) is 24.3. The number of benzene rings is 9. The predicted molar refractivity (Wildman–Crippen MR) is 210 cm³/mol. The summed E-state index contributed by atoms with van der Waals surface area (Å²) < 4.78 is 0. The van der Waals surface area contributed by atoms with Gasteiger partial charge in [0.15, 0.2) is 0 Å². The van der Waals surface area contributed by atoms with E-state index >= 15 is 0 Å². The fourth-order valence-corrected chi connectivity index (χ4v) is 7.27.